The van der Waals surface area contributed by atoms with E-state index in [0.29, 0.717) is 12.0 Å². The molecule has 110 valence electrons. The molecule has 0 saturated carbocycles. The fourth-order valence-electron chi connectivity index (χ4n) is 1.97. The number of nitrogens with one attached hydrogen (secondary N) is 1. The highest BCUT2D eigenvalue weighted by atomic mass is 35.5. The molecule has 1 aromatic carbocycles. The van der Waals surface area contributed by atoms with Crippen LogP contribution in [0.15, 0.2) is 42.5 Å². The number of pyridine rings is 1. The SMILES string of the molecule is O=C(NC(CCO)c1ccccc1)c1cc(Cl)nc(Cl)c1. The van der Waals surface area contributed by atoms with Gasteiger partial charge in [-0.1, -0.05) is 53.5 Å². The summed E-state index contributed by atoms with van der Waals surface area (Å²) in [5.74, 6) is -0.316. The molecule has 1 aromatic heterocycles. The molecule has 2 N–H and O–H groups in total. The van der Waals surface area contributed by atoms with E-state index in [0.717, 1.165) is 5.56 Å². The summed E-state index contributed by atoms with van der Waals surface area (Å²) in [6.07, 6.45) is 0.419. The Morgan fingerprint density at radius 1 is 1.19 bits per heavy atom. The first-order valence-electron chi connectivity index (χ1n) is 6.40. The third-order valence-electron chi connectivity index (χ3n) is 2.95. The van der Waals surface area contributed by atoms with Gasteiger partial charge in [0.15, 0.2) is 0 Å². The average Bonchev–Trinajstić information content (AvgIpc) is 2.46. The molecule has 0 aliphatic heterocycles. The van der Waals surface area contributed by atoms with Crippen LogP contribution < -0.4 is 5.32 Å². The predicted molar refractivity (Wildman–Crippen MR) is 82.6 cm³/mol. The monoisotopic (exact) mass is 324 g/mol. The molecule has 1 unspecified atom stereocenters. The topological polar surface area (TPSA) is 62.2 Å². The van der Waals surface area contributed by atoms with E-state index in [4.69, 9.17) is 28.3 Å². The Balaban J connectivity index is 2.18. The quantitative estimate of drug-likeness (QED) is 0.830. The molecular weight excluding hydrogens is 311 g/mol. The zero-order valence-corrected chi connectivity index (χ0v) is 12.6. The maximum atomic E-state index is 12.3. The fourth-order valence-corrected chi connectivity index (χ4v) is 2.43. The molecule has 0 aliphatic carbocycles. The minimum atomic E-state index is -0.316. The maximum absolute atomic E-state index is 12.3. The summed E-state index contributed by atoms with van der Waals surface area (Å²) in [4.78, 5) is 16.1. The van der Waals surface area contributed by atoms with Gasteiger partial charge in [0, 0.05) is 12.2 Å². The third-order valence-corrected chi connectivity index (χ3v) is 3.34. The van der Waals surface area contributed by atoms with E-state index in [2.05, 4.69) is 10.3 Å². The average molecular weight is 325 g/mol. The van der Waals surface area contributed by atoms with Gasteiger partial charge in [-0.3, -0.25) is 4.79 Å². The van der Waals surface area contributed by atoms with Gasteiger partial charge in [0.05, 0.1) is 6.04 Å². The number of hydrogen-bond acceptors (Lipinski definition) is 3. The van der Waals surface area contributed by atoms with Crippen LogP contribution in [0.25, 0.3) is 0 Å². The van der Waals surface area contributed by atoms with Crippen LogP contribution in [0, 0.1) is 0 Å². The summed E-state index contributed by atoms with van der Waals surface area (Å²) >= 11 is 11.6. The van der Waals surface area contributed by atoms with Gasteiger partial charge < -0.3 is 10.4 Å². The number of carbonyl (C=O) groups is 1. The number of rotatable bonds is 5. The summed E-state index contributed by atoms with van der Waals surface area (Å²) in [6, 6.07) is 12.1. The van der Waals surface area contributed by atoms with Crippen molar-refractivity contribution in [2.45, 2.75) is 12.5 Å². The molecule has 0 fully saturated rings. The van der Waals surface area contributed by atoms with E-state index >= 15 is 0 Å². The smallest absolute Gasteiger partial charge is 0.251 e. The summed E-state index contributed by atoms with van der Waals surface area (Å²) in [5.41, 5.74) is 1.25. The zero-order valence-electron chi connectivity index (χ0n) is 11.1. The summed E-state index contributed by atoms with van der Waals surface area (Å²) in [6.45, 7) is -0.0301. The van der Waals surface area contributed by atoms with Crippen molar-refractivity contribution in [2.75, 3.05) is 6.61 Å². The standard InChI is InChI=1S/C15H14Cl2N2O2/c16-13-8-11(9-14(17)19-13)15(21)18-12(6-7-20)10-4-2-1-3-5-10/h1-5,8-9,12,20H,6-7H2,(H,18,21). The van der Waals surface area contributed by atoms with Gasteiger partial charge in [-0.05, 0) is 24.1 Å². The number of nitrogens with zero attached hydrogens (tertiary/aromatic N) is 1. The highest BCUT2D eigenvalue weighted by Gasteiger charge is 2.16. The van der Waals surface area contributed by atoms with Crippen LogP contribution in [0.4, 0.5) is 0 Å². The van der Waals surface area contributed by atoms with Gasteiger partial charge in [0.25, 0.3) is 5.91 Å². The molecule has 2 aromatic rings. The lowest BCUT2D eigenvalue weighted by molar-refractivity contribution is 0.0930. The lowest BCUT2D eigenvalue weighted by atomic mass is 10.0. The Hall–Kier alpha value is -1.62. The van der Waals surface area contributed by atoms with Crippen molar-refractivity contribution in [1.29, 1.82) is 0 Å². The van der Waals surface area contributed by atoms with Crippen molar-refractivity contribution in [1.82, 2.24) is 10.3 Å². The van der Waals surface area contributed by atoms with Crippen LogP contribution in [-0.2, 0) is 0 Å². The van der Waals surface area contributed by atoms with E-state index in [1.54, 1.807) is 0 Å². The Labute approximate surface area is 132 Å². The van der Waals surface area contributed by atoms with Gasteiger partial charge in [-0.25, -0.2) is 4.98 Å². The number of carbonyl (C=O) groups excluding carboxylic acids is 1. The van der Waals surface area contributed by atoms with Crippen molar-refractivity contribution in [2.24, 2.45) is 0 Å². The molecule has 0 spiro atoms. The molecule has 6 heteroatoms. The lowest BCUT2D eigenvalue weighted by Gasteiger charge is -2.18. The highest BCUT2D eigenvalue weighted by molar-refractivity contribution is 6.33. The number of benzene rings is 1. The Morgan fingerprint density at radius 3 is 2.38 bits per heavy atom. The first kappa shape index (κ1) is 15.8. The largest absolute Gasteiger partial charge is 0.396 e. The number of amides is 1. The van der Waals surface area contributed by atoms with Gasteiger partial charge in [-0.15, -0.1) is 0 Å². The minimum absolute atomic E-state index is 0.0301. The lowest BCUT2D eigenvalue weighted by Crippen LogP contribution is -2.29. The number of aromatic nitrogens is 1. The van der Waals surface area contributed by atoms with Crippen molar-refractivity contribution in [3.63, 3.8) is 0 Å². The van der Waals surface area contributed by atoms with Crippen molar-refractivity contribution < 1.29 is 9.90 Å². The first-order chi connectivity index (χ1) is 10.1. The molecule has 0 radical (unpaired) electrons. The Bertz CT molecular complexity index is 600. The number of halogens is 2. The van der Waals surface area contributed by atoms with Crippen LogP contribution in [0.2, 0.25) is 10.3 Å². The highest BCUT2D eigenvalue weighted by Crippen LogP contribution is 2.19. The van der Waals surface area contributed by atoms with E-state index in [-0.39, 0.29) is 28.9 Å². The minimum Gasteiger partial charge on any atom is -0.396 e. The van der Waals surface area contributed by atoms with E-state index in [1.807, 2.05) is 30.3 Å². The summed E-state index contributed by atoms with van der Waals surface area (Å²) < 4.78 is 0. The van der Waals surface area contributed by atoms with E-state index in [1.165, 1.54) is 12.1 Å². The molecule has 1 atom stereocenters. The van der Waals surface area contributed by atoms with E-state index < -0.39 is 0 Å². The molecule has 1 heterocycles. The van der Waals surface area contributed by atoms with Gasteiger partial charge >= 0.3 is 0 Å². The van der Waals surface area contributed by atoms with Crippen LogP contribution >= 0.6 is 23.2 Å². The second-order valence-corrected chi connectivity index (χ2v) is 5.22. The second kappa shape index (κ2) is 7.41. The second-order valence-electron chi connectivity index (χ2n) is 4.45. The van der Waals surface area contributed by atoms with Crippen LogP contribution in [0.1, 0.15) is 28.4 Å². The first-order valence-corrected chi connectivity index (χ1v) is 7.15. The van der Waals surface area contributed by atoms with Crippen LogP contribution in [-0.4, -0.2) is 22.6 Å². The van der Waals surface area contributed by atoms with Gasteiger partial charge in [-0.2, -0.15) is 0 Å². The molecule has 0 saturated heterocycles. The van der Waals surface area contributed by atoms with Gasteiger partial charge in [0.1, 0.15) is 10.3 Å². The molecule has 0 aliphatic rings. The van der Waals surface area contributed by atoms with Crippen LogP contribution in [0.5, 0.6) is 0 Å². The maximum Gasteiger partial charge on any atom is 0.251 e. The zero-order chi connectivity index (χ0) is 15.2. The number of aliphatic hydroxyl groups is 1. The number of aliphatic hydroxyl groups excluding tert-OH is 1. The van der Waals surface area contributed by atoms with E-state index in [9.17, 15) is 4.79 Å². The fraction of sp³-hybridized carbons (Fsp3) is 0.200. The molecule has 21 heavy (non-hydrogen) atoms. The Kier molecular flexibility index (Phi) is 5.56. The predicted octanol–water partition coefficient (Wildman–Crippen LogP) is 3.24. The summed E-state index contributed by atoms with van der Waals surface area (Å²) in [7, 11) is 0. The van der Waals surface area contributed by atoms with Crippen molar-refractivity contribution >= 4 is 29.1 Å². The molecule has 0 bridgehead atoms. The molecule has 2 rings (SSSR count). The third kappa shape index (κ3) is 4.43. The normalized spacial score (nSPS) is 12.0. The van der Waals surface area contributed by atoms with Crippen molar-refractivity contribution in [3.05, 3.63) is 63.9 Å². The molecule has 1 amide bonds. The van der Waals surface area contributed by atoms with Crippen LogP contribution in [0.3, 0.4) is 0 Å². The van der Waals surface area contributed by atoms with Crippen molar-refractivity contribution in [3.8, 4) is 0 Å². The van der Waals surface area contributed by atoms with Gasteiger partial charge in [0.2, 0.25) is 0 Å². The number of hydrogen-bond donors (Lipinski definition) is 2. The summed E-state index contributed by atoms with van der Waals surface area (Å²) in [5, 5.41) is 12.3. The molecular formula is C15H14Cl2N2O2. The molecule has 4 nitrogen and oxygen atoms in total. The Morgan fingerprint density at radius 2 is 1.81 bits per heavy atom.